The topological polar surface area (TPSA) is 105 Å². The number of rotatable bonds is 6. The molecule has 2 aromatic rings. The van der Waals surface area contributed by atoms with Crippen LogP contribution >= 0.6 is 0 Å². The third-order valence-corrected chi connectivity index (χ3v) is 4.81. The summed E-state index contributed by atoms with van der Waals surface area (Å²) in [6.07, 6.45) is 0.690. The molecular weight excluding hydrogens is 401 g/mol. The minimum atomic E-state index is -4.69. The van der Waals surface area contributed by atoms with E-state index in [9.17, 15) is 23.1 Å². The number of fused-ring (bicyclic) bond motifs is 1. The molecule has 30 heavy (non-hydrogen) atoms. The molecule has 1 aromatic heterocycles. The van der Waals surface area contributed by atoms with Crippen molar-refractivity contribution in [2.24, 2.45) is 5.73 Å². The van der Waals surface area contributed by atoms with Crippen LogP contribution in [0.25, 0.3) is 10.9 Å². The molecule has 162 valence electrons. The number of carbonyl (C=O) groups is 1. The number of halogens is 3. The lowest BCUT2D eigenvalue weighted by Crippen LogP contribution is -2.48. The van der Waals surface area contributed by atoms with Gasteiger partial charge in [-0.3, -0.25) is 9.48 Å². The maximum absolute atomic E-state index is 13.8. The van der Waals surface area contributed by atoms with Crippen molar-refractivity contribution in [1.29, 1.82) is 0 Å². The number of nitrogens with zero attached hydrogens (tertiary/aromatic N) is 3. The summed E-state index contributed by atoms with van der Waals surface area (Å²) in [7, 11) is 0. The van der Waals surface area contributed by atoms with Gasteiger partial charge in [-0.1, -0.05) is 12.2 Å². The van der Waals surface area contributed by atoms with Crippen molar-refractivity contribution in [1.82, 2.24) is 9.78 Å². The molecule has 1 amide bonds. The van der Waals surface area contributed by atoms with Gasteiger partial charge in [0.05, 0.1) is 11.1 Å². The monoisotopic (exact) mass is 424 g/mol. The first-order chi connectivity index (χ1) is 13.9. The fourth-order valence-electron chi connectivity index (χ4n) is 3.45. The fraction of sp³-hybridized carbons (Fsp3) is 0.400. The summed E-state index contributed by atoms with van der Waals surface area (Å²) in [5.41, 5.74) is 4.15. The smallest absolute Gasteiger partial charge is 0.396 e. The van der Waals surface area contributed by atoms with E-state index in [0.717, 1.165) is 17.1 Å². The number of carbonyl (C=O) groups excluding carboxylic acids is 1. The van der Waals surface area contributed by atoms with Crippen molar-refractivity contribution in [2.75, 3.05) is 11.5 Å². The first-order valence-electron chi connectivity index (χ1n) is 9.32. The number of primary amides is 1. The summed E-state index contributed by atoms with van der Waals surface area (Å²) >= 11 is 0. The van der Waals surface area contributed by atoms with Crippen LogP contribution in [0.5, 0.6) is 0 Å². The van der Waals surface area contributed by atoms with Gasteiger partial charge in [-0.15, -0.1) is 0 Å². The molecular formula is C20H23F3N4O3. The molecule has 1 aliphatic rings. The lowest BCUT2D eigenvalue weighted by molar-refractivity contribution is -0.137. The van der Waals surface area contributed by atoms with Crippen molar-refractivity contribution in [2.45, 2.75) is 44.6 Å². The van der Waals surface area contributed by atoms with E-state index in [1.54, 1.807) is 10.9 Å². The largest absolute Gasteiger partial charge is 0.412 e. The van der Waals surface area contributed by atoms with E-state index >= 15 is 0 Å². The quantitative estimate of drug-likeness (QED) is 0.660. The van der Waals surface area contributed by atoms with E-state index in [1.807, 2.05) is 0 Å². The Bertz CT molecular complexity index is 1020. The van der Waals surface area contributed by atoms with Crippen LogP contribution in [0.2, 0.25) is 0 Å². The summed E-state index contributed by atoms with van der Waals surface area (Å²) in [5, 5.41) is 24.6. The molecule has 0 fully saturated rings. The second-order valence-corrected chi connectivity index (χ2v) is 7.61. The number of aryl methyl sites for hydroxylation is 1. The van der Waals surface area contributed by atoms with Crippen LogP contribution in [0.4, 0.5) is 18.9 Å². The van der Waals surface area contributed by atoms with E-state index in [4.69, 9.17) is 10.8 Å². The molecule has 1 aliphatic heterocycles. The van der Waals surface area contributed by atoms with E-state index in [0.29, 0.717) is 23.9 Å². The minimum Gasteiger partial charge on any atom is -0.396 e. The van der Waals surface area contributed by atoms with Gasteiger partial charge >= 0.3 is 6.18 Å². The number of amides is 1. The first-order valence-corrected chi connectivity index (χ1v) is 9.32. The van der Waals surface area contributed by atoms with E-state index in [2.05, 4.69) is 5.10 Å². The van der Waals surface area contributed by atoms with Crippen molar-refractivity contribution in [3.63, 3.8) is 0 Å². The van der Waals surface area contributed by atoms with Gasteiger partial charge in [-0.05, 0) is 38.5 Å². The van der Waals surface area contributed by atoms with Crippen LogP contribution in [0.15, 0.2) is 42.3 Å². The molecule has 2 heterocycles. The number of aromatic nitrogens is 2. The Labute approximate surface area is 170 Å². The van der Waals surface area contributed by atoms with Crippen LogP contribution in [-0.4, -0.2) is 44.7 Å². The van der Waals surface area contributed by atoms with Crippen LogP contribution < -0.4 is 10.6 Å². The zero-order valence-electron chi connectivity index (χ0n) is 16.5. The Kier molecular flexibility index (Phi) is 5.66. The number of benzene rings is 1. The third kappa shape index (κ3) is 4.19. The molecule has 4 N–H and O–H groups in total. The van der Waals surface area contributed by atoms with Gasteiger partial charge in [0.15, 0.2) is 0 Å². The van der Waals surface area contributed by atoms with Crippen LogP contribution in [-0.2, 0) is 16.9 Å². The summed E-state index contributed by atoms with van der Waals surface area (Å²) in [5.74, 6) is -1.02. The minimum absolute atomic E-state index is 0.00781. The average molecular weight is 424 g/mol. The van der Waals surface area contributed by atoms with E-state index in [1.165, 1.54) is 32.1 Å². The predicted octanol–water partition coefficient (Wildman–Crippen LogP) is 2.32. The molecule has 10 heteroatoms. The Morgan fingerprint density at radius 2 is 2.00 bits per heavy atom. The zero-order chi connectivity index (χ0) is 22.3. The van der Waals surface area contributed by atoms with Crippen LogP contribution in [0.1, 0.15) is 25.8 Å². The van der Waals surface area contributed by atoms with Gasteiger partial charge in [0, 0.05) is 36.0 Å². The fourth-order valence-corrected chi connectivity index (χ4v) is 3.45. The highest BCUT2D eigenvalue weighted by Crippen LogP contribution is 2.41. The van der Waals surface area contributed by atoms with Gasteiger partial charge in [0.25, 0.3) is 5.91 Å². The summed E-state index contributed by atoms with van der Waals surface area (Å²) < 4.78 is 43.0. The van der Waals surface area contributed by atoms with Crippen LogP contribution in [0, 0.1) is 0 Å². The number of alkyl halides is 3. The third-order valence-electron chi connectivity index (χ3n) is 4.81. The second kappa shape index (κ2) is 7.77. The normalized spacial score (nSPS) is 17.5. The van der Waals surface area contributed by atoms with Gasteiger partial charge in [-0.25, -0.2) is 0 Å². The van der Waals surface area contributed by atoms with E-state index < -0.39 is 23.7 Å². The van der Waals surface area contributed by atoms with Crippen molar-refractivity contribution < 1.29 is 28.2 Å². The van der Waals surface area contributed by atoms with Crippen molar-refractivity contribution in [3.8, 4) is 0 Å². The molecule has 1 aromatic carbocycles. The molecule has 0 saturated carbocycles. The Balaban J connectivity index is 2.25. The predicted molar refractivity (Wildman–Crippen MR) is 105 cm³/mol. The van der Waals surface area contributed by atoms with E-state index in [-0.39, 0.29) is 23.6 Å². The molecule has 0 spiro atoms. The zero-order valence-corrected chi connectivity index (χ0v) is 16.5. The van der Waals surface area contributed by atoms with Gasteiger partial charge < -0.3 is 20.8 Å². The highest BCUT2D eigenvalue weighted by Gasteiger charge is 2.46. The number of aliphatic hydroxyl groups excluding tert-OH is 1. The number of nitrogens with two attached hydrogens (primary N) is 1. The summed E-state index contributed by atoms with van der Waals surface area (Å²) in [4.78, 5) is 12.8. The molecule has 1 atom stereocenters. The highest BCUT2D eigenvalue weighted by atomic mass is 19.4. The second-order valence-electron chi connectivity index (χ2n) is 7.61. The summed E-state index contributed by atoms with van der Waals surface area (Å²) in [6, 6.07) is 0.831. The molecule has 0 saturated heterocycles. The highest BCUT2D eigenvalue weighted by molar-refractivity contribution is 5.98. The SMILES string of the molecule is CC(C)(O)c1cc2nn(CCCO)cc2cc1N1C(C(N)=O)=CC=CC1C(F)(F)F. The number of hydrogen-bond acceptors (Lipinski definition) is 5. The molecule has 7 nitrogen and oxygen atoms in total. The van der Waals surface area contributed by atoms with Gasteiger partial charge in [0.1, 0.15) is 11.7 Å². The average Bonchev–Trinajstić information content (AvgIpc) is 3.05. The van der Waals surface area contributed by atoms with Crippen molar-refractivity contribution >= 4 is 22.5 Å². The Morgan fingerprint density at radius 1 is 1.30 bits per heavy atom. The maximum atomic E-state index is 13.8. The maximum Gasteiger partial charge on any atom is 0.412 e. The number of anilines is 1. The molecule has 0 bridgehead atoms. The number of hydrogen-bond donors (Lipinski definition) is 3. The molecule has 1 unspecified atom stereocenters. The first kappa shape index (κ1) is 21.8. The lowest BCUT2D eigenvalue weighted by atomic mass is 9.93. The number of allylic oxidation sites excluding steroid dienone is 2. The Morgan fingerprint density at radius 3 is 2.57 bits per heavy atom. The van der Waals surface area contributed by atoms with Crippen LogP contribution in [0.3, 0.4) is 0 Å². The standard InChI is InChI=1S/C20H23F3N4O3/c1-19(2,30)13-10-14-12(11-26(25-14)7-4-8-28)9-16(13)27-15(18(24)29)5-3-6-17(27)20(21,22)23/h3,5-6,9-11,17,28,30H,4,7-8H2,1-2H3,(H2,24,29). The van der Waals surface area contributed by atoms with Gasteiger partial charge in [0.2, 0.25) is 0 Å². The number of aliphatic hydroxyl groups is 2. The summed E-state index contributed by atoms with van der Waals surface area (Å²) in [6.45, 7) is 3.27. The molecule has 3 rings (SSSR count). The van der Waals surface area contributed by atoms with Crippen molar-refractivity contribution in [3.05, 3.63) is 47.8 Å². The van der Waals surface area contributed by atoms with Gasteiger partial charge in [-0.2, -0.15) is 18.3 Å². The molecule has 0 aliphatic carbocycles. The Hall–Kier alpha value is -2.85. The lowest BCUT2D eigenvalue weighted by Gasteiger charge is -2.38. The molecule has 0 radical (unpaired) electrons.